The van der Waals surface area contributed by atoms with Crippen LogP contribution in [0.1, 0.15) is 16.8 Å². The summed E-state index contributed by atoms with van der Waals surface area (Å²) in [4.78, 5) is 10.6. The highest BCUT2D eigenvalue weighted by atomic mass is 16.5. The van der Waals surface area contributed by atoms with Gasteiger partial charge in [-0.2, -0.15) is 0 Å². The third kappa shape index (κ3) is 2.47. The molecule has 1 heterocycles. The first-order valence-electron chi connectivity index (χ1n) is 4.83. The molecule has 1 aliphatic rings. The fourth-order valence-electron chi connectivity index (χ4n) is 1.30. The molecule has 0 bridgehead atoms. The summed E-state index contributed by atoms with van der Waals surface area (Å²) in [6, 6.07) is 6.36. The summed E-state index contributed by atoms with van der Waals surface area (Å²) in [6.07, 6.45) is 1.23. The van der Waals surface area contributed by atoms with Gasteiger partial charge >= 0.3 is 5.97 Å². The molecule has 1 aliphatic heterocycles. The molecule has 1 N–H and O–H groups in total. The Bertz CT molecular complexity index is 340. The van der Waals surface area contributed by atoms with Crippen LogP contribution >= 0.6 is 0 Å². The monoisotopic (exact) mass is 208 g/mol. The molecule has 1 aromatic rings. The predicted molar refractivity (Wildman–Crippen MR) is 53.3 cm³/mol. The van der Waals surface area contributed by atoms with Crippen LogP contribution in [-0.2, 0) is 4.74 Å². The van der Waals surface area contributed by atoms with E-state index in [0.29, 0.717) is 12.4 Å². The van der Waals surface area contributed by atoms with E-state index in [-0.39, 0.29) is 11.7 Å². The first kappa shape index (κ1) is 9.98. The Kier molecular flexibility index (Phi) is 2.87. The van der Waals surface area contributed by atoms with Gasteiger partial charge in [-0.05, 0) is 24.3 Å². The molecule has 80 valence electrons. The van der Waals surface area contributed by atoms with Gasteiger partial charge in [0.2, 0.25) is 0 Å². The van der Waals surface area contributed by atoms with Crippen LogP contribution in [0.25, 0.3) is 0 Å². The summed E-state index contributed by atoms with van der Waals surface area (Å²) in [5, 5.41) is 8.68. The Hall–Kier alpha value is -1.55. The summed E-state index contributed by atoms with van der Waals surface area (Å²) in [5.74, 6) is -0.251. The van der Waals surface area contributed by atoms with E-state index < -0.39 is 5.97 Å². The smallest absolute Gasteiger partial charge is 0.335 e. The second kappa shape index (κ2) is 4.31. The van der Waals surface area contributed by atoms with E-state index in [2.05, 4.69) is 0 Å². The number of carbonyl (C=O) groups is 1. The summed E-state index contributed by atoms with van der Waals surface area (Å²) in [5.41, 5.74) is 0.266. The zero-order chi connectivity index (χ0) is 10.7. The molecule has 4 heteroatoms. The SMILES string of the molecule is O=C(O)c1ccc(OC[C@H]2CCO2)cc1. The average Bonchev–Trinajstić information content (AvgIpc) is 2.16. The van der Waals surface area contributed by atoms with Gasteiger partial charge in [-0.25, -0.2) is 4.79 Å². The van der Waals surface area contributed by atoms with Crippen LogP contribution in [0.5, 0.6) is 5.75 Å². The number of benzene rings is 1. The Morgan fingerprint density at radius 1 is 1.47 bits per heavy atom. The van der Waals surface area contributed by atoms with Crippen molar-refractivity contribution in [2.24, 2.45) is 0 Å². The molecular weight excluding hydrogens is 196 g/mol. The van der Waals surface area contributed by atoms with E-state index in [9.17, 15) is 4.79 Å². The van der Waals surface area contributed by atoms with Crippen molar-refractivity contribution in [1.29, 1.82) is 0 Å². The lowest BCUT2D eigenvalue weighted by molar-refractivity contribution is -0.0720. The minimum absolute atomic E-state index is 0.198. The van der Waals surface area contributed by atoms with Gasteiger partial charge in [0.15, 0.2) is 0 Å². The molecule has 1 aromatic carbocycles. The number of aromatic carboxylic acids is 1. The van der Waals surface area contributed by atoms with Crippen molar-refractivity contribution in [1.82, 2.24) is 0 Å². The van der Waals surface area contributed by atoms with Crippen molar-refractivity contribution >= 4 is 5.97 Å². The summed E-state index contributed by atoms with van der Waals surface area (Å²) in [6.45, 7) is 1.35. The van der Waals surface area contributed by atoms with Gasteiger partial charge in [0, 0.05) is 13.0 Å². The molecule has 2 rings (SSSR count). The first-order valence-corrected chi connectivity index (χ1v) is 4.83. The van der Waals surface area contributed by atoms with Crippen molar-refractivity contribution in [2.75, 3.05) is 13.2 Å². The van der Waals surface area contributed by atoms with E-state index in [1.54, 1.807) is 12.1 Å². The van der Waals surface area contributed by atoms with Crippen LogP contribution in [0.3, 0.4) is 0 Å². The van der Waals surface area contributed by atoms with Gasteiger partial charge in [0.1, 0.15) is 12.4 Å². The lowest BCUT2D eigenvalue weighted by atomic mass is 10.2. The molecule has 0 amide bonds. The fourth-order valence-corrected chi connectivity index (χ4v) is 1.30. The van der Waals surface area contributed by atoms with Crippen molar-refractivity contribution in [3.63, 3.8) is 0 Å². The van der Waals surface area contributed by atoms with Crippen LogP contribution in [-0.4, -0.2) is 30.4 Å². The van der Waals surface area contributed by atoms with E-state index in [0.717, 1.165) is 13.0 Å². The summed E-state index contributed by atoms with van der Waals surface area (Å²) >= 11 is 0. The Balaban J connectivity index is 1.88. The third-order valence-electron chi connectivity index (χ3n) is 2.33. The third-order valence-corrected chi connectivity index (χ3v) is 2.33. The van der Waals surface area contributed by atoms with Crippen LogP contribution in [0.2, 0.25) is 0 Å². The second-order valence-corrected chi connectivity index (χ2v) is 3.42. The fraction of sp³-hybridized carbons (Fsp3) is 0.364. The molecule has 1 saturated heterocycles. The number of ether oxygens (including phenoxy) is 2. The van der Waals surface area contributed by atoms with E-state index in [4.69, 9.17) is 14.6 Å². The lowest BCUT2D eigenvalue weighted by Gasteiger charge is -2.26. The number of hydrogen-bond acceptors (Lipinski definition) is 3. The predicted octanol–water partition coefficient (Wildman–Crippen LogP) is 1.55. The van der Waals surface area contributed by atoms with Crippen LogP contribution in [0.15, 0.2) is 24.3 Å². The summed E-state index contributed by atoms with van der Waals surface area (Å²) in [7, 11) is 0. The zero-order valence-corrected chi connectivity index (χ0v) is 8.18. The molecule has 1 atom stereocenters. The number of rotatable bonds is 4. The van der Waals surface area contributed by atoms with Gasteiger partial charge in [-0.3, -0.25) is 0 Å². The normalized spacial score (nSPS) is 19.3. The van der Waals surface area contributed by atoms with Crippen molar-refractivity contribution in [3.8, 4) is 5.75 Å². The van der Waals surface area contributed by atoms with Gasteiger partial charge in [0.25, 0.3) is 0 Å². The van der Waals surface area contributed by atoms with Gasteiger partial charge in [0.05, 0.1) is 11.7 Å². The van der Waals surface area contributed by atoms with Crippen LogP contribution in [0, 0.1) is 0 Å². The van der Waals surface area contributed by atoms with Crippen molar-refractivity contribution < 1.29 is 19.4 Å². The molecule has 0 unspecified atom stereocenters. The number of hydrogen-bond donors (Lipinski definition) is 1. The quantitative estimate of drug-likeness (QED) is 0.815. The van der Waals surface area contributed by atoms with Gasteiger partial charge < -0.3 is 14.6 Å². The molecule has 0 saturated carbocycles. The Morgan fingerprint density at radius 3 is 2.60 bits per heavy atom. The molecule has 4 nitrogen and oxygen atoms in total. The summed E-state index contributed by atoms with van der Waals surface area (Å²) < 4.78 is 10.6. The Labute approximate surface area is 87.4 Å². The van der Waals surface area contributed by atoms with E-state index in [1.165, 1.54) is 12.1 Å². The van der Waals surface area contributed by atoms with Crippen molar-refractivity contribution in [2.45, 2.75) is 12.5 Å². The zero-order valence-electron chi connectivity index (χ0n) is 8.18. The largest absolute Gasteiger partial charge is 0.491 e. The maximum Gasteiger partial charge on any atom is 0.335 e. The molecule has 0 aromatic heterocycles. The van der Waals surface area contributed by atoms with Gasteiger partial charge in [-0.1, -0.05) is 0 Å². The standard InChI is InChI=1S/C11H12O4/c12-11(13)8-1-3-9(4-2-8)15-7-10-5-6-14-10/h1-4,10H,5-7H2,(H,12,13)/t10-/m1/s1. The molecule has 0 radical (unpaired) electrons. The number of carboxylic acid groups (broad SMARTS) is 1. The maximum absolute atomic E-state index is 10.6. The first-order chi connectivity index (χ1) is 7.25. The van der Waals surface area contributed by atoms with E-state index in [1.807, 2.05) is 0 Å². The maximum atomic E-state index is 10.6. The lowest BCUT2D eigenvalue weighted by Crippen LogP contribution is -2.32. The minimum atomic E-state index is -0.927. The van der Waals surface area contributed by atoms with E-state index >= 15 is 0 Å². The number of carboxylic acids is 1. The van der Waals surface area contributed by atoms with Gasteiger partial charge in [-0.15, -0.1) is 0 Å². The molecule has 0 aliphatic carbocycles. The molecule has 1 fully saturated rings. The average molecular weight is 208 g/mol. The molecule has 0 spiro atoms. The second-order valence-electron chi connectivity index (χ2n) is 3.42. The topological polar surface area (TPSA) is 55.8 Å². The highest BCUT2D eigenvalue weighted by Gasteiger charge is 2.18. The highest BCUT2D eigenvalue weighted by molar-refractivity contribution is 5.87. The van der Waals surface area contributed by atoms with Crippen LogP contribution in [0.4, 0.5) is 0 Å². The molecule has 15 heavy (non-hydrogen) atoms. The minimum Gasteiger partial charge on any atom is -0.491 e. The van der Waals surface area contributed by atoms with Crippen molar-refractivity contribution in [3.05, 3.63) is 29.8 Å². The highest BCUT2D eigenvalue weighted by Crippen LogP contribution is 2.16. The van der Waals surface area contributed by atoms with Crippen LogP contribution < -0.4 is 4.74 Å². The Morgan fingerprint density at radius 2 is 2.13 bits per heavy atom. The molecular formula is C11H12O4.